The molecule has 1 aliphatic rings. The van der Waals surface area contributed by atoms with Gasteiger partial charge >= 0.3 is 18.3 Å². The van der Waals surface area contributed by atoms with Crippen LogP contribution in [0.3, 0.4) is 0 Å². The summed E-state index contributed by atoms with van der Waals surface area (Å²) >= 11 is 0.744. The van der Waals surface area contributed by atoms with E-state index in [-0.39, 0.29) is 0 Å². The van der Waals surface area contributed by atoms with E-state index in [1.165, 1.54) is 0 Å². The predicted molar refractivity (Wildman–Crippen MR) is 56.2 cm³/mol. The lowest BCUT2D eigenvalue weighted by molar-refractivity contribution is -0.192. The smallest absolute Gasteiger partial charge is 0.475 e. The van der Waals surface area contributed by atoms with Gasteiger partial charge in [-0.3, -0.25) is 0 Å². The molecule has 0 aliphatic carbocycles. The standard InChI is InChI=1S/C7H7F3N2S.C2HF3O2/c8-7(9,10)6-12-4-1-2-11-3-5(4)13-6;3-2(4,5)1(6)7/h11H,1-3H2;(H,6,7). The van der Waals surface area contributed by atoms with Crippen molar-refractivity contribution in [2.75, 3.05) is 6.54 Å². The molecule has 0 amide bonds. The molecule has 0 fully saturated rings. The Balaban J connectivity index is 0.000000246. The molecule has 2 N–H and O–H groups in total. The number of hydrogen-bond acceptors (Lipinski definition) is 4. The molecular formula is C9H8F6N2O2S. The molecule has 0 saturated heterocycles. The van der Waals surface area contributed by atoms with E-state index in [1.807, 2.05) is 0 Å². The van der Waals surface area contributed by atoms with E-state index >= 15 is 0 Å². The summed E-state index contributed by atoms with van der Waals surface area (Å²) in [6, 6.07) is 0. The van der Waals surface area contributed by atoms with Crippen LogP contribution in [0.4, 0.5) is 26.3 Å². The van der Waals surface area contributed by atoms with Crippen LogP contribution >= 0.6 is 11.3 Å². The van der Waals surface area contributed by atoms with E-state index < -0.39 is 23.3 Å². The second kappa shape index (κ2) is 5.95. The molecule has 4 nitrogen and oxygen atoms in total. The van der Waals surface area contributed by atoms with Crippen molar-refractivity contribution >= 4 is 17.3 Å². The topological polar surface area (TPSA) is 62.2 Å². The minimum atomic E-state index is -5.08. The van der Waals surface area contributed by atoms with Crippen LogP contribution in [0, 0.1) is 0 Å². The first-order valence-corrected chi connectivity index (χ1v) is 5.90. The van der Waals surface area contributed by atoms with E-state index in [1.54, 1.807) is 0 Å². The molecule has 0 bridgehead atoms. The SMILES string of the molecule is FC(F)(F)c1nc2c(s1)CNCC2.O=C(O)C(F)(F)F. The number of thiazole rings is 1. The maximum Gasteiger partial charge on any atom is 0.490 e. The minimum absolute atomic E-state index is 0.517. The lowest BCUT2D eigenvalue weighted by Crippen LogP contribution is -2.22. The fraction of sp³-hybridized carbons (Fsp3) is 0.556. The normalized spacial score (nSPS) is 15.1. The van der Waals surface area contributed by atoms with Gasteiger partial charge in [0.05, 0.1) is 5.69 Å². The highest BCUT2D eigenvalue weighted by atomic mass is 32.1. The van der Waals surface area contributed by atoms with Crippen molar-refractivity contribution in [1.82, 2.24) is 10.3 Å². The highest BCUT2D eigenvalue weighted by molar-refractivity contribution is 7.11. The lowest BCUT2D eigenvalue weighted by atomic mass is 10.2. The molecular weight excluding hydrogens is 314 g/mol. The van der Waals surface area contributed by atoms with Crippen molar-refractivity contribution in [2.24, 2.45) is 0 Å². The molecule has 0 atom stereocenters. The van der Waals surface area contributed by atoms with E-state index in [4.69, 9.17) is 9.90 Å². The number of rotatable bonds is 0. The lowest BCUT2D eigenvalue weighted by Gasteiger charge is -2.09. The third-order valence-corrected chi connectivity index (χ3v) is 3.23. The van der Waals surface area contributed by atoms with Gasteiger partial charge in [-0.25, -0.2) is 9.78 Å². The fourth-order valence-corrected chi connectivity index (χ4v) is 2.19. The van der Waals surface area contributed by atoms with Crippen LogP contribution in [0.2, 0.25) is 0 Å². The van der Waals surface area contributed by atoms with Crippen molar-refractivity contribution in [3.8, 4) is 0 Å². The van der Waals surface area contributed by atoms with Crippen LogP contribution in [0.5, 0.6) is 0 Å². The Morgan fingerprint density at radius 3 is 2.20 bits per heavy atom. The summed E-state index contributed by atoms with van der Waals surface area (Å²) in [7, 11) is 0. The van der Waals surface area contributed by atoms with Crippen LogP contribution in [0.1, 0.15) is 15.6 Å². The molecule has 1 aliphatic heterocycles. The van der Waals surface area contributed by atoms with Crippen LogP contribution in [-0.2, 0) is 23.9 Å². The number of halogens is 6. The van der Waals surface area contributed by atoms with Gasteiger partial charge in [-0.2, -0.15) is 26.3 Å². The Hall–Kier alpha value is -1.36. The van der Waals surface area contributed by atoms with Gasteiger partial charge in [0.15, 0.2) is 5.01 Å². The largest absolute Gasteiger partial charge is 0.490 e. The quantitative estimate of drug-likeness (QED) is 0.720. The summed E-state index contributed by atoms with van der Waals surface area (Å²) in [6.45, 7) is 1.23. The monoisotopic (exact) mass is 322 g/mol. The zero-order valence-electron chi connectivity index (χ0n) is 9.60. The summed E-state index contributed by atoms with van der Waals surface area (Å²) in [5.41, 5.74) is 0.607. The highest BCUT2D eigenvalue weighted by Crippen LogP contribution is 2.34. The van der Waals surface area contributed by atoms with E-state index in [2.05, 4.69) is 10.3 Å². The summed E-state index contributed by atoms with van der Waals surface area (Å²) in [4.78, 5) is 13.2. The van der Waals surface area contributed by atoms with Crippen LogP contribution < -0.4 is 5.32 Å². The Labute approximate surface area is 112 Å². The zero-order chi connectivity index (χ0) is 15.6. The van der Waals surface area contributed by atoms with E-state index in [9.17, 15) is 26.3 Å². The second-order valence-corrected chi connectivity index (χ2v) is 4.70. The summed E-state index contributed by atoms with van der Waals surface area (Å²) in [5.74, 6) is -2.76. The summed E-state index contributed by atoms with van der Waals surface area (Å²) in [6.07, 6.45) is -8.77. The van der Waals surface area contributed by atoms with Crippen molar-refractivity contribution in [1.29, 1.82) is 0 Å². The Morgan fingerprint density at radius 2 is 1.80 bits per heavy atom. The van der Waals surface area contributed by atoms with Gasteiger partial charge < -0.3 is 10.4 Å². The molecule has 0 spiro atoms. The van der Waals surface area contributed by atoms with Gasteiger partial charge in [0, 0.05) is 24.4 Å². The predicted octanol–water partition coefficient (Wildman–Crippen LogP) is 2.44. The second-order valence-electron chi connectivity index (χ2n) is 3.62. The molecule has 2 heterocycles. The molecule has 0 saturated carbocycles. The number of carboxylic acid groups (broad SMARTS) is 1. The first-order chi connectivity index (χ1) is 9.01. The number of aliphatic carboxylic acids is 1. The molecule has 2 rings (SSSR count). The van der Waals surface area contributed by atoms with Gasteiger partial charge in [-0.05, 0) is 0 Å². The number of aromatic nitrogens is 1. The number of nitrogens with zero attached hydrogens (tertiary/aromatic N) is 1. The molecule has 1 aromatic heterocycles. The molecule has 0 unspecified atom stereocenters. The Kier molecular flexibility index (Phi) is 4.97. The zero-order valence-corrected chi connectivity index (χ0v) is 10.4. The molecule has 11 heteroatoms. The first kappa shape index (κ1) is 16.7. The van der Waals surface area contributed by atoms with E-state index in [0.717, 1.165) is 16.2 Å². The van der Waals surface area contributed by atoms with Crippen molar-refractivity contribution in [3.05, 3.63) is 15.6 Å². The third kappa shape index (κ3) is 4.63. The number of carbonyl (C=O) groups is 1. The molecule has 0 radical (unpaired) electrons. The Bertz CT molecular complexity index is 458. The van der Waals surface area contributed by atoms with Gasteiger partial charge in [0.2, 0.25) is 0 Å². The molecule has 0 aromatic carbocycles. The maximum absolute atomic E-state index is 12.2. The number of alkyl halides is 6. The third-order valence-electron chi connectivity index (χ3n) is 2.09. The van der Waals surface area contributed by atoms with Crippen LogP contribution in [0.25, 0.3) is 0 Å². The van der Waals surface area contributed by atoms with Crippen LogP contribution in [0.15, 0.2) is 0 Å². The number of hydrogen-bond donors (Lipinski definition) is 2. The maximum atomic E-state index is 12.2. The minimum Gasteiger partial charge on any atom is -0.475 e. The average Bonchev–Trinajstić information content (AvgIpc) is 2.71. The van der Waals surface area contributed by atoms with Crippen molar-refractivity contribution in [3.63, 3.8) is 0 Å². The van der Waals surface area contributed by atoms with Gasteiger partial charge in [0.1, 0.15) is 0 Å². The number of carboxylic acids is 1. The van der Waals surface area contributed by atoms with Crippen molar-refractivity contribution in [2.45, 2.75) is 25.3 Å². The fourth-order valence-electron chi connectivity index (χ4n) is 1.25. The number of nitrogens with one attached hydrogen (secondary N) is 1. The van der Waals surface area contributed by atoms with Crippen molar-refractivity contribution < 1.29 is 36.2 Å². The number of fused-ring (bicyclic) bond motifs is 1. The summed E-state index contributed by atoms with van der Waals surface area (Å²) < 4.78 is 68.3. The summed E-state index contributed by atoms with van der Waals surface area (Å²) in [5, 5.41) is 9.41. The molecule has 1 aromatic rings. The van der Waals surface area contributed by atoms with Gasteiger partial charge in [-0.1, -0.05) is 0 Å². The molecule has 20 heavy (non-hydrogen) atoms. The molecule has 114 valence electrons. The highest BCUT2D eigenvalue weighted by Gasteiger charge is 2.38. The van der Waals surface area contributed by atoms with E-state index in [0.29, 0.717) is 25.2 Å². The first-order valence-electron chi connectivity index (χ1n) is 5.08. The average molecular weight is 322 g/mol. The van der Waals surface area contributed by atoms with Gasteiger partial charge in [-0.15, -0.1) is 11.3 Å². The van der Waals surface area contributed by atoms with Gasteiger partial charge in [0.25, 0.3) is 0 Å². The Morgan fingerprint density at radius 1 is 1.25 bits per heavy atom. The van der Waals surface area contributed by atoms with Crippen LogP contribution in [-0.4, -0.2) is 28.8 Å².